The molecular weight excluding hydrogens is 366 g/mol. The fourth-order valence-corrected chi connectivity index (χ4v) is 3.88. The van der Waals surface area contributed by atoms with E-state index < -0.39 is 17.2 Å². The topological polar surface area (TPSA) is 66.1 Å². The molecule has 0 unspecified atom stereocenters. The van der Waals surface area contributed by atoms with Crippen molar-refractivity contribution in [2.24, 2.45) is 16.6 Å². The Morgan fingerprint density at radius 2 is 2.00 bits per heavy atom. The summed E-state index contributed by atoms with van der Waals surface area (Å²) in [5.41, 5.74) is 6.11. The van der Waals surface area contributed by atoms with Gasteiger partial charge in [0, 0.05) is 17.5 Å². The highest BCUT2D eigenvalue weighted by molar-refractivity contribution is 5.73. The molecule has 0 aromatic heterocycles. The lowest BCUT2D eigenvalue weighted by Gasteiger charge is -2.46. The molecule has 5 nitrogen and oxygen atoms in total. The number of hydrogen-bond acceptors (Lipinski definition) is 5. The minimum atomic E-state index is -1.02. The van der Waals surface area contributed by atoms with Crippen LogP contribution in [-0.2, 0) is 26.4 Å². The standard InChI is InChI=1S/C21H22F2N2O3/c22-16-6-7-18(19(23)9-16)21-13-28-17(8-15(21)11-27-20(24)25-21)12-26-10-14-4-2-1-3-5-14/h1-7,9,15,17H,8,10-13H2,(H2,24,25)/t15-,17+,21-/m0/s1. The zero-order chi connectivity index (χ0) is 19.6. The average molecular weight is 388 g/mol. The van der Waals surface area contributed by atoms with Gasteiger partial charge >= 0.3 is 0 Å². The van der Waals surface area contributed by atoms with E-state index in [0.29, 0.717) is 26.2 Å². The van der Waals surface area contributed by atoms with Gasteiger partial charge in [0.2, 0.25) is 0 Å². The van der Waals surface area contributed by atoms with E-state index in [1.165, 1.54) is 12.1 Å². The fourth-order valence-electron chi connectivity index (χ4n) is 3.88. The fraction of sp³-hybridized carbons (Fsp3) is 0.381. The van der Waals surface area contributed by atoms with Crippen molar-refractivity contribution < 1.29 is 23.0 Å². The number of fused-ring (bicyclic) bond motifs is 1. The maximum Gasteiger partial charge on any atom is 0.282 e. The van der Waals surface area contributed by atoms with E-state index in [1.807, 2.05) is 30.3 Å². The summed E-state index contributed by atoms with van der Waals surface area (Å²) < 4.78 is 45.1. The SMILES string of the molecule is NC1=N[C@@]2(c3ccc(F)cc3F)CO[C@@H](COCc3ccccc3)C[C@H]2CO1. The van der Waals surface area contributed by atoms with Gasteiger partial charge < -0.3 is 19.9 Å². The molecule has 0 bridgehead atoms. The molecular formula is C21H22F2N2O3. The molecule has 2 aliphatic heterocycles. The lowest BCUT2D eigenvalue weighted by molar-refractivity contribution is -0.110. The van der Waals surface area contributed by atoms with E-state index in [2.05, 4.69) is 4.99 Å². The van der Waals surface area contributed by atoms with Crippen molar-refractivity contribution in [1.82, 2.24) is 0 Å². The Balaban J connectivity index is 1.48. The van der Waals surface area contributed by atoms with Gasteiger partial charge in [-0.1, -0.05) is 36.4 Å². The maximum absolute atomic E-state index is 14.5. The van der Waals surface area contributed by atoms with Crippen molar-refractivity contribution >= 4 is 6.02 Å². The summed E-state index contributed by atoms with van der Waals surface area (Å²) in [5, 5.41) is 0. The van der Waals surface area contributed by atoms with E-state index in [-0.39, 0.29) is 30.2 Å². The van der Waals surface area contributed by atoms with Crippen molar-refractivity contribution in [3.63, 3.8) is 0 Å². The first-order valence-electron chi connectivity index (χ1n) is 9.24. The Bertz CT molecular complexity index is 862. The predicted octanol–water partition coefficient (Wildman–Crippen LogP) is 3.13. The molecule has 28 heavy (non-hydrogen) atoms. The van der Waals surface area contributed by atoms with Crippen LogP contribution in [0.2, 0.25) is 0 Å². The molecule has 0 spiro atoms. The number of ether oxygens (including phenoxy) is 3. The number of halogens is 2. The minimum absolute atomic E-state index is 0.0117. The summed E-state index contributed by atoms with van der Waals surface area (Å²) in [5.74, 6) is -1.45. The molecule has 4 rings (SSSR count). The van der Waals surface area contributed by atoms with Crippen LogP contribution in [0.1, 0.15) is 17.5 Å². The van der Waals surface area contributed by atoms with E-state index in [9.17, 15) is 8.78 Å². The van der Waals surface area contributed by atoms with E-state index >= 15 is 0 Å². The molecule has 0 saturated carbocycles. The third-order valence-electron chi connectivity index (χ3n) is 5.32. The third-order valence-corrected chi connectivity index (χ3v) is 5.32. The van der Waals surface area contributed by atoms with Gasteiger partial charge in [-0.05, 0) is 18.1 Å². The number of hydrogen-bond donors (Lipinski definition) is 1. The van der Waals surface area contributed by atoms with Crippen LogP contribution in [0, 0.1) is 17.6 Å². The third kappa shape index (κ3) is 3.72. The molecule has 0 radical (unpaired) electrons. The molecule has 2 aromatic rings. The van der Waals surface area contributed by atoms with Crippen LogP contribution in [0.3, 0.4) is 0 Å². The lowest BCUT2D eigenvalue weighted by Crippen LogP contribution is -2.53. The van der Waals surface area contributed by atoms with Gasteiger partial charge in [-0.2, -0.15) is 0 Å². The minimum Gasteiger partial charge on any atom is -0.465 e. The Morgan fingerprint density at radius 1 is 1.18 bits per heavy atom. The molecule has 148 valence electrons. The zero-order valence-electron chi connectivity index (χ0n) is 15.3. The molecule has 2 aromatic carbocycles. The van der Waals surface area contributed by atoms with Gasteiger partial charge in [-0.3, -0.25) is 0 Å². The summed E-state index contributed by atoms with van der Waals surface area (Å²) in [7, 11) is 0. The molecule has 0 aliphatic carbocycles. The normalized spacial score (nSPS) is 26.9. The number of amidine groups is 1. The maximum atomic E-state index is 14.5. The first kappa shape index (κ1) is 18.8. The summed E-state index contributed by atoms with van der Waals surface area (Å²) in [6.07, 6.45) is 0.408. The van der Waals surface area contributed by atoms with Crippen LogP contribution < -0.4 is 5.73 Å². The number of aliphatic imine (C=N–C) groups is 1. The van der Waals surface area contributed by atoms with Crippen LogP contribution in [0.15, 0.2) is 53.5 Å². The Labute approximate surface area is 162 Å². The molecule has 0 amide bonds. The molecule has 2 aliphatic rings. The molecule has 3 atom stereocenters. The number of benzene rings is 2. The number of rotatable bonds is 5. The summed E-state index contributed by atoms with van der Waals surface area (Å²) in [6.45, 7) is 1.33. The Kier molecular flexibility index (Phi) is 5.28. The second kappa shape index (κ2) is 7.85. The second-order valence-corrected chi connectivity index (χ2v) is 7.18. The van der Waals surface area contributed by atoms with Gasteiger partial charge in [0.1, 0.15) is 17.2 Å². The monoisotopic (exact) mass is 388 g/mol. The Morgan fingerprint density at radius 3 is 2.79 bits per heavy atom. The van der Waals surface area contributed by atoms with E-state index in [4.69, 9.17) is 19.9 Å². The van der Waals surface area contributed by atoms with Gasteiger partial charge in [0.25, 0.3) is 6.02 Å². The van der Waals surface area contributed by atoms with Crippen molar-refractivity contribution in [3.8, 4) is 0 Å². The molecule has 7 heteroatoms. The Hall–Kier alpha value is -2.51. The van der Waals surface area contributed by atoms with Crippen molar-refractivity contribution in [3.05, 3.63) is 71.3 Å². The van der Waals surface area contributed by atoms with E-state index in [0.717, 1.165) is 11.6 Å². The van der Waals surface area contributed by atoms with E-state index in [1.54, 1.807) is 0 Å². The van der Waals surface area contributed by atoms with Gasteiger partial charge in [-0.25, -0.2) is 13.8 Å². The first-order chi connectivity index (χ1) is 13.6. The molecule has 1 fully saturated rings. The lowest BCUT2D eigenvalue weighted by atomic mass is 9.74. The van der Waals surface area contributed by atoms with Crippen molar-refractivity contribution in [1.29, 1.82) is 0 Å². The van der Waals surface area contributed by atoms with Crippen molar-refractivity contribution in [2.45, 2.75) is 24.7 Å². The van der Waals surface area contributed by atoms with Crippen LogP contribution in [-0.4, -0.2) is 31.9 Å². The number of nitrogens with zero attached hydrogens (tertiary/aromatic N) is 1. The highest BCUT2D eigenvalue weighted by atomic mass is 19.1. The highest BCUT2D eigenvalue weighted by Crippen LogP contribution is 2.44. The molecule has 2 N–H and O–H groups in total. The predicted molar refractivity (Wildman–Crippen MR) is 99.6 cm³/mol. The van der Waals surface area contributed by atoms with Gasteiger partial charge in [-0.15, -0.1) is 0 Å². The van der Waals surface area contributed by atoms with Crippen LogP contribution in [0.5, 0.6) is 0 Å². The average Bonchev–Trinajstić information content (AvgIpc) is 2.69. The smallest absolute Gasteiger partial charge is 0.282 e. The molecule has 2 heterocycles. The van der Waals surface area contributed by atoms with Gasteiger partial charge in [0.05, 0.1) is 32.5 Å². The number of nitrogens with two attached hydrogens (primary N) is 1. The largest absolute Gasteiger partial charge is 0.465 e. The highest BCUT2D eigenvalue weighted by Gasteiger charge is 2.50. The second-order valence-electron chi connectivity index (χ2n) is 7.18. The summed E-state index contributed by atoms with van der Waals surface area (Å²) in [6, 6.07) is 13.4. The van der Waals surface area contributed by atoms with Crippen LogP contribution >= 0.6 is 0 Å². The summed E-state index contributed by atoms with van der Waals surface area (Å²) >= 11 is 0. The van der Waals surface area contributed by atoms with Crippen molar-refractivity contribution in [2.75, 3.05) is 19.8 Å². The van der Waals surface area contributed by atoms with Crippen LogP contribution in [0.25, 0.3) is 0 Å². The molecule has 1 saturated heterocycles. The quantitative estimate of drug-likeness (QED) is 0.855. The van der Waals surface area contributed by atoms with Gasteiger partial charge in [0.15, 0.2) is 0 Å². The van der Waals surface area contributed by atoms with Crippen LogP contribution in [0.4, 0.5) is 8.78 Å². The first-order valence-corrected chi connectivity index (χ1v) is 9.24. The summed E-state index contributed by atoms with van der Waals surface area (Å²) in [4.78, 5) is 4.40. The zero-order valence-corrected chi connectivity index (χ0v) is 15.3.